The standard InChI is InChI=1S/C15H19NO2/c1-3-10-18-14-8-6-13(7-9-14)15(17)16-11(2)12-4-5-12/h3,6-9,11-12H,1,4-5,10H2,2H3,(H,16,17). The van der Waals surface area contributed by atoms with Crippen LogP contribution in [0.5, 0.6) is 5.75 Å². The van der Waals surface area contributed by atoms with Crippen molar-refractivity contribution in [3.63, 3.8) is 0 Å². The molecule has 18 heavy (non-hydrogen) atoms. The number of carbonyl (C=O) groups excluding carboxylic acids is 1. The van der Waals surface area contributed by atoms with Gasteiger partial charge in [-0.15, -0.1) is 0 Å². The van der Waals surface area contributed by atoms with Crippen molar-refractivity contribution in [2.24, 2.45) is 5.92 Å². The zero-order valence-electron chi connectivity index (χ0n) is 10.7. The molecule has 0 spiro atoms. The molecule has 1 aromatic carbocycles. The third-order valence-corrected chi connectivity index (χ3v) is 3.17. The lowest BCUT2D eigenvalue weighted by Crippen LogP contribution is -2.33. The second kappa shape index (κ2) is 5.71. The molecule has 96 valence electrons. The van der Waals surface area contributed by atoms with Gasteiger partial charge in [0.05, 0.1) is 0 Å². The second-order valence-corrected chi connectivity index (χ2v) is 4.72. The van der Waals surface area contributed by atoms with E-state index in [1.807, 2.05) is 0 Å². The van der Waals surface area contributed by atoms with Crippen LogP contribution >= 0.6 is 0 Å². The van der Waals surface area contributed by atoms with E-state index >= 15 is 0 Å². The largest absolute Gasteiger partial charge is 0.490 e. The van der Waals surface area contributed by atoms with Gasteiger partial charge in [0.25, 0.3) is 5.91 Å². The maximum absolute atomic E-state index is 11.9. The third kappa shape index (κ3) is 3.36. The second-order valence-electron chi connectivity index (χ2n) is 4.72. The molecule has 1 atom stereocenters. The predicted octanol–water partition coefficient (Wildman–Crippen LogP) is 2.78. The molecule has 0 bridgehead atoms. The van der Waals surface area contributed by atoms with Crippen LogP contribution in [-0.4, -0.2) is 18.6 Å². The number of nitrogens with one attached hydrogen (secondary N) is 1. The van der Waals surface area contributed by atoms with Crippen LogP contribution < -0.4 is 10.1 Å². The molecule has 3 heteroatoms. The molecular weight excluding hydrogens is 226 g/mol. The van der Waals surface area contributed by atoms with Gasteiger partial charge >= 0.3 is 0 Å². The summed E-state index contributed by atoms with van der Waals surface area (Å²) in [6, 6.07) is 7.45. The smallest absolute Gasteiger partial charge is 0.251 e. The van der Waals surface area contributed by atoms with E-state index in [0.717, 1.165) is 5.75 Å². The fourth-order valence-corrected chi connectivity index (χ4v) is 1.86. The lowest BCUT2D eigenvalue weighted by Gasteiger charge is -2.12. The molecule has 1 amide bonds. The summed E-state index contributed by atoms with van der Waals surface area (Å²) in [5.41, 5.74) is 0.674. The molecule has 1 aliphatic carbocycles. The maximum Gasteiger partial charge on any atom is 0.251 e. The minimum atomic E-state index is -0.00956. The first kappa shape index (κ1) is 12.7. The first-order chi connectivity index (χ1) is 8.70. The first-order valence-electron chi connectivity index (χ1n) is 6.35. The van der Waals surface area contributed by atoms with Crippen LogP contribution in [0.1, 0.15) is 30.1 Å². The van der Waals surface area contributed by atoms with E-state index in [1.54, 1.807) is 30.3 Å². The third-order valence-electron chi connectivity index (χ3n) is 3.17. The molecule has 3 nitrogen and oxygen atoms in total. The Morgan fingerprint density at radius 3 is 2.72 bits per heavy atom. The van der Waals surface area contributed by atoms with Crippen molar-refractivity contribution in [1.82, 2.24) is 5.32 Å². The van der Waals surface area contributed by atoms with E-state index in [9.17, 15) is 4.79 Å². The van der Waals surface area contributed by atoms with Gasteiger partial charge in [-0.25, -0.2) is 0 Å². The predicted molar refractivity (Wildman–Crippen MR) is 71.8 cm³/mol. The van der Waals surface area contributed by atoms with Crippen LogP contribution in [0.15, 0.2) is 36.9 Å². The van der Waals surface area contributed by atoms with Gasteiger partial charge in [0, 0.05) is 11.6 Å². The molecule has 1 fully saturated rings. The van der Waals surface area contributed by atoms with Crippen molar-refractivity contribution >= 4 is 5.91 Å². The van der Waals surface area contributed by atoms with Crippen LogP contribution in [0.2, 0.25) is 0 Å². The Bertz CT molecular complexity index is 421. The van der Waals surface area contributed by atoms with E-state index in [4.69, 9.17) is 4.74 Å². The molecule has 1 saturated carbocycles. The van der Waals surface area contributed by atoms with E-state index in [2.05, 4.69) is 18.8 Å². The summed E-state index contributed by atoms with van der Waals surface area (Å²) >= 11 is 0. The molecular formula is C15H19NO2. The molecule has 1 aromatic rings. The summed E-state index contributed by atoms with van der Waals surface area (Å²) in [5.74, 6) is 1.41. The average Bonchev–Trinajstić information content (AvgIpc) is 3.21. The Morgan fingerprint density at radius 2 is 2.17 bits per heavy atom. The van der Waals surface area contributed by atoms with Gasteiger partial charge in [-0.3, -0.25) is 4.79 Å². The fraction of sp³-hybridized carbons (Fsp3) is 0.400. The molecule has 1 aliphatic rings. The Kier molecular flexibility index (Phi) is 4.03. The number of rotatable bonds is 6. The summed E-state index contributed by atoms with van der Waals surface area (Å²) in [5, 5.41) is 3.02. The van der Waals surface area contributed by atoms with Crippen molar-refractivity contribution in [2.45, 2.75) is 25.8 Å². The first-order valence-corrected chi connectivity index (χ1v) is 6.35. The van der Waals surface area contributed by atoms with Crippen molar-refractivity contribution in [3.05, 3.63) is 42.5 Å². The van der Waals surface area contributed by atoms with E-state index in [1.165, 1.54) is 12.8 Å². The number of amides is 1. The highest BCUT2D eigenvalue weighted by molar-refractivity contribution is 5.94. The van der Waals surface area contributed by atoms with Crippen molar-refractivity contribution in [3.8, 4) is 5.75 Å². The van der Waals surface area contributed by atoms with Gasteiger partial charge in [-0.2, -0.15) is 0 Å². The molecule has 2 rings (SSSR count). The zero-order valence-corrected chi connectivity index (χ0v) is 10.7. The summed E-state index contributed by atoms with van der Waals surface area (Å²) in [7, 11) is 0. The molecule has 1 N–H and O–H groups in total. The van der Waals surface area contributed by atoms with Crippen LogP contribution in [0.25, 0.3) is 0 Å². The number of hydrogen-bond acceptors (Lipinski definition) is 2. The van der Waals surface area contributed by atoms with E-state index < -0.39 is 0 Å². The number of hydrogen-bond donors (Lipinski definition) is 1. The van der Waals surface area contributed by atoms with E-state index in [0.29, 0.717) is 18.1 Å². The Hall–Kier alpha value is -1.77. The molecule has 0 aliphatic heterocycles. The van der Waals surface area contributed by atoms with Gasteiger partial charge in [-0.1, -0.05) is 12.7 Å². The van der Waals surface area contributed by atoms with Crippen LogP contribution in [0.4, 0.5) is 0 Å². The van der Waals surface area contributed by atoms with Crippen LogP contribution in [0, 0.1) is 5.92 Å². The number of benzene rings is 1. The summed E-state index contributed by atoms with van der Waals surface area (Å²) < 4.78 is 5.37. The van der Waals surface area contributed by atoms with Crippen molar-refractivity contribution < 1.29 is 9.53 Å². The van der Waals surface area contributed by atoms with Crippen LogP contribution in [-0.2, 0) is 0 Å². The fourth-order valence-electron chi connectivity index (χ4n) is 1.86. The lowest BCUT2D eigenvalue weighted by molar-refractivity contribution is 0.0936. The molecule has 0 heterocycles. The molecule has 0 saturated heterocycles. The van der Waals surface area contributed by atoms with Gasteiger partial charge in [0.1, 0.15) is 12.4 Å². The van der Waals surface area contributed by atoms with Gasteiger partial charge < -0.3 is 10.1 Å². The van der Waals surface area contributed by atoms with Gasteiger partial charge in [0.2, 0.25) is 0 Å². The normalized spacial score (nSPS) is 15.8. The van der Waals surface area contributed by atoms with Crippen molar-refractivity contribution in [2.75, 3.05) is 6.61 Å². The highest BCUT2D eigenvalue weighted by Gasteiger charge is 2.28. The molecule has 1 unspecified atom stereocenters. The van der Waals surface area contributed by atoms with Crippen molar-refractivity contribution in [1.29, 1.82) is 0 Å². The Labute approximate surface area is 108 Å². The minimum absolute atomic E-state index is 0.00956. The zero-order chi connectivity index (χ0) is 13.0. The van der Waals surface area contributed by atoms with Crippen LogP contribution in [0.3, 0.4) is 0 Å². The maximum atomic E-state index is 11.9. The van der Waals surface area contributed by atoms with E-state index in [-0.39, 0.29) is 11.9 Å². The minimum Gasteiger partial charge on any atom is -0.490 e. The average molecular weight is 245 g/mol. The lowest BCUT2D eigenvalue weighted by atomic mass is 10.1. The number of ether oxygens (including phenoxy) is 1. The highest BCUT2D eigenvalue weighted by Crippen LogP contribution is 2.32. The number of carbonyl (C=O) groups is 1. The summed E-state index contributed by atoms with van der Waals surface area (Å²) in [6.07, 6.45) is 4.16. The monoisotopic (exact) mass is 245 g/mol. The Balaban J connectivity index is 1.91. The topological polar surface area (TPSA) is 38.3 Å². The SMILES string of the molecule is C=CCOc1ccc(C(=O)NC(C)C2CC2)cc1. The molecule has 0 aromatic heterocycles. The summed E-state index contributed by atoms with van der Waals surface area (Å²) in [6.45, 7) is 6.13. The molecule has 0 radical (unpaired) electrons. The van der Waals surface area contributed by atoms with Gasteiger partial charge in [0.15, 0.2) is 0 Å². The summed E-state index contributed by atoms with van der Waals surface area (Å²) in [4.78, 5) is 11.9. The highest BCUT2D eigenvalue weighted by atomic mass is 16.5. The van der Waals surface area contributed by atoms with Gasteiger partial charge in [-0.05, 0) is 49.9 Å². The quantitative estimate of drug-likeness (QED) is 0.783. The Morgan fingerprint density at radius 1 is 1.50 bits per heavy atom.